The van der Waals surface area contributed by atoms with Gasteiger partial charge in [-0.25, -0.2) is 4.79 Å². The summed E-state index contributed by atoms with van der Waals surface area (Å²) in [5.41, 5.74) is 3.47. The maximum absolute atomic E-state index is 12.4. The van der Waals surface area contributed by atoms with Crippen molar-refractivity contribution >= 4 is 22.6 Å². The van der Waals surface area contributed by atoms with Crippen LogP contribution in [-0.4, -0.2) is 24.2 Å². The summed E-state index contributed by atoms with van der Waals surface area (Å²) >= 11 is 0. The molecule has 1 aliphatic heterocycles. The highest BCUT2D eigenvalue weighted by molar-refractivity contribution is 6.01. The van der Waals surface area contributed by atoms with Gasteiger partial charge in [0, 0.05) is 23.7 Å². The Hall–Kier alpha value is -3.28. The van der Waals surface area contributed by atoms with Crippen molar-refractivity contribution in [2.75, 3.05) is 18.5 Å². The van der Waals surface area contributed by atoms with Crippen molar-refractivity contribution in [3.63, 3.8) is 0 Å². The number of amides is 2. The van der Waals surface area contributed by atoms with E-state index in [1.165, 1.54) is 0 Å². The average Bonchev–Trinajstić information content (AvgIpc) is 2.68. The Morgan fingerprint density at radius 2 is 2.00 bits per heavy atom. The predicted octanol–water partition coefficient (Wildman–Crippen LogP) is 3.64. The molecule has 0 aliphatic carbocycles. The fourth-order valence-corrected chi connectivity index (χ4v) is 3.03. The number of pyridine rings is 1. The minimum absolute atomic E-state index is 0.279. The van der Waals surface area contributed by atoms with Gasteiger partial charge in [0.2, 0.25) is 0 Å². The number of hydrogen-bond acceptors (Lipinski definition) is 4. The van der Waals surface area contributed by atoms with Gasteiger partial charge in [-0.15, -0.1) is 0 Å². The van der Waals surface area contributed by atoms with Crippen LogP contribution in [0.4, 0.5) is 10.5 Å². The number of fused-ring (bicyclic) bond motifs is 2. The monoisotopic (exact) mass is 349 g/mol. The van der Waals surface area contributed by atoms with Gasteiger partial charge in [-0.05, 0) is 36.8 Å². The van der Waals surface area contributed by atoms with Crippen molar-refractivity contribution in [1.29, 1.82) is 0 Å². The number of carbonyl (C=O) groups excluding carboxylic acids is 1. The predicted molar refractivity (Wildman–Crippen MR) is 99.8 cm³/mol. The zero-order valence-electron chi connectivity index (χ0n) is 14.4. The van der Waals surface area contributed by atoms with Crippen molar-refractivity contribution in [2.24, 2.45) is 0 Å². The van der Waals surface area contributed by atoms with E-state index in [4.69, 9.17) is 9.47 Å². The Morgan fingerprint density at radius 3 is 2.92 bits per heavy atom. The topological polar surface area (TPSA) is 72.5 Å². The molecule has 0 unspecified atom stereocenters. The van der Waals surface area contributed by atoms with Crippen LogP contribution in [0, 0.1) is 6.92 Å². The molecular weight excluding hydrogens is 330 g/mol. The van der Waals surface area contributed by atoms with Crippen LogP contribution in [0.25, 0.3) is 10.9 Å². The maximum Gasteiger partial charge on any atom is 0.319 e. The number of urea groups is 1. The molecule has 0 saturated carbocycles. The number of aromatic nitrogens is 1. The number of nitrogens with one attached hydrogen (secondary N) is 2. The first kappa shape index (κ1) is 16.2. The largest absolute Gasteiger partial charge is 0.486 e. The van der Waals surface area contributed by atoms with Gasteiger partial charge >= 0.3 is 6.03 Å². The van der Waals surface area contributed by atoms with E-state index in [0.717, 1.165) is 27.7 Å². The van der Waals surface area contributed by atoms with Crippen LogP contribution < -0.4 is 20.1 Å². The van der Waals surface area contributed by atoms with Crippen molar-refractivity contribution in [2.45, 2.75) is 13.5 Å². The van der Waals surface area contributed by atoms with E-state index in [0.29, 0.717) is 31.3 Å². The quantitative estimate of drug-likeness (QED) is 0.757. The fourth-order valence-electron chi connectivity index (χ4n) is 3.03. The van der Waals surface area contributed by atoms with E-state index < -0.39 is 0 Å². The third-order valence-electron chi connectivity index (χ3n) is 4.32. The molecule has 6 nitrogen and oxygen atoms in total. The second kappa shape index (κ2) is 6.92. The summed E-state index contributed by atoms with van der Waals surface area (Å²) in [6.45, 7) is 3.36. The molecule has 0 saturated heterocycles. The lowest BCUT2D eigenvalue weighted by atomic mass is 10.1. The first-order valence-electron chi connectivity index (χ1n) is 8.49. The van der Waals surface area contributed by atoms with Crippen molar-refractivity contribution < 1.29 is 14.3 Å². The van der Waals surface area contributed by atoms with E-state index in [-0.39, 0.29) is 6.03 Å². The number of hydrogen-bond donors (Lipinski definition) is 2. The third kappa shape index (κ3) is 3.13. The summed E-state index contributed by atoms with van der Waals surface area (Å²) in [5.74, 6) is 1.41. The highest BCUT2D eigenvalue weighted by Crippen LogP contribution is 2.33. The number of carbonyl (C=O) groups is 1. The number of para-hydroxylation sites is 1. The Kier molecular flexibility index (Phi) is 4.31. The second-order valence-electron chi connectivity index (χ2n) is 6.08. The van der Waals surface area contributed by atoms with Gasteiger partial charge in [0.15, 0.2) is 11.5 Å². The van der Waals surface area contributed by atoms with Gasteiger partial charge in [0.25, 0.3) is 0 Å². The molecule has 1 aromatic heterocycles. The zero-order valence-corrected chi connectivity index (χ0v) is 14.4. The van der Waals surface area contributed by atoms with Gasteiger partial charge in [0.05, 0.1) is 11.2 Å². The molecule has 2 N–H and O–H groups in total. The summed E-state index contributed by atoms with van der Waals surface area (Å²) in [6.07, 6.45) is 1.74. The molecule has 0 radical (unpaired) electrons. The van der Waals surface area contributed by atoms with Crippen molar-refractivity contribution in [1.82, 2.24) is 10.3 Å². The van der Waals surface area contributed by atoms with Crippen LogP contribution >= 0.6 is 0 Å². The van der Waals surface area contributed by atoms with Gasteiger partial charge < -0.3 is 20.1 Å². The minimum atomic E-state index is -0.279. The van der Waals surface area contributed by atoms with E-state index in [1.54, 1.807) is 6.20 Å². The third-order valence-corrected chi connectivity index (χ3v) is 4.32. The first-order valence-corrected chi connectivity index (χ1v) is 8.49. The molecular formula is C20H19N3O3. The van der Waals surface area contributed by atoms with Gasteiger partial charge in [-0.2, -0.15) is 0 Å². The van der Waals surface area contributed by atoms with Gasteiger partial charge in [-0.1, -0.05) is 18.2 Å². The van der Waals surface area contributed by atoms with Crippen LogP contribution in [0.1, 0.15) is 11.1 Å². The Morgan fingerprint density at radius 1 is 1.12 bits per heavy atom. The lowest BCUT2D eigenvalue weighted by Crippen LogP contribution is -2.29. The molecule has 0 spiro atoms. The summed E-state index contributed by atoms with van der Waals surface area (Å²) in [6, 6.07) is 13.1. The molecule has 0 fully saturated rings. The molecule has 0 bridgehead atoms. The minimum Gasteiger partial charge on any atom is -0.486 e. The molecule has 2 heterocycles. The van der Waals surface area contributed by atoms with Crippen LogP contribution in [0.2, 0.25) is 0 Å². The lowest BCUT2D eigenvalue weighted by molar-refractivity contribution is 0.169. The van der Waals surface area contributed by atoms with Gasteiger partial charge in [0.1, 0.15) is 13.2 Å². The molecule has 6 heteroatoms. The molecule has 2 aromatic carbocycles. The highest BCUT2D eigenvalue weighted by Gasteiger charge is 2.16. The Balaban J connectivity index is 1.50. The van der Waals surface area contributed by atoms with Crippen LogP contribution in [0.5, 0.6) is 11.5 Å². The first-order chi connectivity index (χ1) is 12.7. The normalized spacial score (nSPS) is 12.7. The van der Waals surface area contributed by atoms with Crippen molar-refractivity contribution in [3.05, 3.63) is 59.8 Å². The Labute approximate surface area is 151 Å². The summed E-state index contributed by atoms with van der Waals surface area (Å²) in [4.78, 5) is 16.8. The van der Waals surface area contributed by atoms with E-state index in [1.807, 2.05) is 49.4 Å². The molecule has 26 heavy (non-hydrogen) atoms. The zero-order chi connectivity index (χ0) is 17.9. The van der Waals surface area contributed by atoms with E-state index in [2.05, 4.69) is 15.6 Å². The number of rotatable bonds is 3. The number of benzene rings is 2. The fraction of sp³-hybridized carbons (Fsp3) is 0.200. The Bertz CT molecular complexity index is 972. The number of ether oxygens (including phenoxy) is 2. The molecule has 4 rings (SSSR count). The summed E-state index contributed by atoms with van der Waals surface area (Å²) < 4.78 is 11.2. The van der Waals surface area contributed by atoms with E-state index >= 15 is 0 Å². The standard InChI is InChI=1S/C20H19N3O3/c1-13-7-8-16-15(5-3-9-21-16)18(13)23-20(24)22-12-14-4-2-6-17-19(14)26-11-10-25-17/h2-9H,10-12H2,1H3,(H2,22,23,24). The van der Waals surface area contributed by atoms with Crippen LogP contribution in [-0.2, 0) is 6.54 Å². The SMILES string of the molecule is Cc1ccc2ncccc2c1NC(=O)NCc1cccc2c1OCCO2. The summed E-state index contributed by atoms with van der Waals surface area (Å²) in [7, 11) is 0. The van der Waals surface area contributed by atoms with Crippen molar-refractivity contribution in [3.8, 4) is 11.5 Å². The molecule has 0 atom stereocenters. The number of anilines is 1. The lowest BCUT2D eigenvalue weighted by Gasteiger charge is -2.21. The molecule has 3 aromatic rings. The second-order valence-corrected chi connectivity index (χ2v) is 6.08. The molecule has 132 valence electrons. The van der Waals surface area contributed by atoms with Crippen LogP contribution in [0.15, 0.2) is 48.7 Å². The van der Waals surface area contributed by atoms with Crippen LogP contribution in [0.3, 0.4) is 0 Å². The smallest absolute Gasteiger partial charge is 0.319 e. The number of aryl methyl sites for hydroxylation is 1. The average molecular weight is 349 g/mol. The highest BCUT2D eigenvalue weighted by atomic mass is 16.6. The molecule has 1 aliphatic rings. The maximum atomic E-state index is 12.4. The number of nitrogens with zero attached hydrogens (tertiary/aromatic N) is 1. The van der Waals surface area contributed by atoms with E-state index in [9.17, 15) is 4.79 Å². The van der Waals surface area contributed by atoms with Gasteiger partial charge in [-0.3, -0.25) is 4.98 Å². The summed E-state index contributed by atoms with van der Waals surface area (Å²) in [5, 5.41) is 6.74. The molecule has 2 amide bonds.